The Morgan fingerprint density at radius 1 is 0.972 bits per heavy atom. The fourth-order valence-electron chi connectivity index (χ4n) is 4.86. The molecule has 1 aliphatic rings. The zero-order valence-electron chi connectivity index (χ0n) is 20.7. The van der Waals surface area contributed by atoms with Crippen LogP contribution in [0.3, 0.4) is 0 Å². The van der Waals surface area contributed by atoms with E-state index in [4.69, 9.17) is 9.84 Å². The molecular formula is C29H33N5O2. The molecule has 0 unspecified atom stereocenters. The Kier molecular flexibility index (Phi) is 7.47. The summed E-state index contributed by atoms with van der Waals surface area (Å²) in [6, 6.07) is 22.2. The second-order valence-corrected chi connectivity index (χ2v) is 9.14. The minimum absolute atomic E-state index is 0.0384. The zero-order valence-corrected chi connectivity index (χ0v) is 20.7. The van der Waals surface area contributed by atoms with Gasteiger partial charge in [-0.2, -0.15) is 5.10 Å². The molecule has 7 heteroatoms. The van der Waals surface area contributed by atoms with Crippen molar-refractivity contribution in [2.24, 2.45) is 5.92 Å². The van der Waals surface area contributed by atoms with E-state index >= 15 is 0 Å². The first-order chi connectivity index (χ1) is 17.7. The van der Waals surface area contributed by atoms with E-state index in [9.17, 15) is 4.79 Å². The van der Waals surface area contributed by atoms with Crippen molar-refractivity contribution in [2.45, 2.75) is 32.9 Å². The second kappa shape index (κ2) is 11.3. The molecule has 1 aliphatic heterocycles. The van der Waals surface area contributed by atoms with Crippen molar-refractivity contribution in [1.29, 1.82) is 0 Å². The van der Waals surface area contributed by atoms with Crippen LogP contribution in [0, 0.1) is 5.92 Å². The number of hydrogen-bond acceptors (Lipinski definition) is 4. The number of nitrogens with one attached hydrogen (secondary N) is 1. The van der Waals surface area contributed by atoms with Crippen LogP contribution in [0.15, 0.2) is 85.3 Å². The molecule has 36 heavy (non-hydrogen) atoms. The van der Waals surface area contributed by atoms with Crippen molar-refractivity contribution >= 4 is 5.91 Å². The molecule has 0 saturated carbocycles. The first-order valence-corrected chi connectivity index (χ1v) is 12.7. The largest absolute Gasteiger partial charge is 0.494 e. The number of aromatic nitrogens is 3. The van der Waals surface area contributed by atoms with Crippen LogP contribution in [-0.4, -0.2) is 44.9 Å². The lowest BCUT2D eigenvalue weighted by Gasteiger charge is -2.31. The molecule has 186 valence electrons. The van der Waals surface area contributed by atoms with Crippen LogP contribution in [0.2, 0.25) is 0 Å². The number of likely N-dealkylation sites (tertiary alicyclic amines) is 1. The van der Waals surface area contributed by atoms with Gasteiger partial charge in [0.25, 0.3) is 0 Å². The Morgan fingerprint density at radius 2 is 1.69 bits per heavy atom. The Morgan fingerprint density at radius 3 is 2.44 bits per heavy atom. The van der Waals surface area contributed by atoms with Gasteiger partial charge in [0, 0.05) is 42.5 Å². The van der Waals surface area contributed by atoms with Gasteiger partial charge in [0.15, 0.2) is 0 Å². The highest BCUT2D eigenvalue weighted by Crippen LogP contribution is 2.25. The van der Waals surface area contributed by atoms with Crippen LogP contribution in [0.25, 0.3) is 11.5 Å². The summed E-state index contributed by atoms with van der Waals surface area (Å²) in [6.07, 6.45) is 7.78. The molecule has 4 aromatic rings. The number of carbonyl (C=O) groups excluding carboxylic acids is 1. The Bertz CT molecular complexity index is 1260. The lowest BCUT2D eigenvalue weighted by molar-refractivity contribution is -0.126. The van der Waals surface area contributed by atoms with E-state index < -0.39 is 0 Å². The Labute approximate surface area is 212 Å². The van der Waals surface area contributed by atoms with E-state index in [0.29, 0.717) is 13.2 Å². The smallest absolute Gasteiger partial charge is 0.223 e. The third kappa shape index (κ3) is 5.36. The third-order valence-corrected chi connectivity index (χ3v) is 6.74. The van der Waals surface area contributed by atoms with Crippen molar-refractivity contribution in [1.82, 2.24) is 24.6 Å². The molecule has 0 radical (unpaired) electrons. The summed E-state index contributed by atoms with van der Waals surface area (Å²) in [7, 11) is 0. The lowest BCUT2D eigenvalue weighted by Crippen LogP contribution is -2.40. The monoisotopic (exact) mass is 483 g/mol. The minimum Gasteiger partial charge on any atom is -0.494 e. The number of nitrogens with zero attached hydrogens (tertiary/aromatic N) is 4. The van der Waals surface area contributed by atoms with E-state index in [1.54, 1.807) is 0 Å². The fourth-order valence-corrected chi connectivity index (χ4v) is 4.86. The standard InChI is InChI=1S/C29H33N5O2/c1-2-36-27-13-7-6-10-24(27)20-30-28(35)23-14-18-32(19-15-23)22-25-21-31-34(26-11-4-3-5-12-26)29(25)33-16-8-9-17-33/h3-13,16-17,21,23H,2,14-15,18-20,22H2,1H3,(H,30,35). The van der Waals surface area contributed by atoms with Crippen molar-refractivity contribution < 1.29 is 9.53 Å². The van der Waals surface area contributed by atoms with Gasteiger partial charge >= 0.3 is 0 Å². The third-order valence-electron chi connectivity index (χ3n) is 6.74. The molecule has 1 saturated heterocycles. The van der Waals surface area contributed by atoms with Gasteiger partial charge < -0.3 is 14.6 Å². The van der Waals surface area contributed by atoms with Crippen LogP contribution in [0.5, 0.6) is 5.75 Å². The van der Waals surface area contributed by atoms with Gasteiger partial charge in [-0.25, -0.2) is 4.68 Å². The van der Waals surface area contributed by atoms with Crippen molar-refractivity contribution in [3.63, 3.8) is 0 Å². The first kappa shape index (κ1) is 23.9. The van der Waals surface area contributed by atoms with Gasteiger partial charge in [0.05, 0.1) is 18.5 Å². The van der Waals surface area contributed by atoms with Crippen molar-refractivity contribution in [3.8, 4) is 17.3 Å². The maximum absolute atomic E-state index is 12.9. The second-order valence-electron chi connectivity index (χ2n) is 9.14. The quantitative estimate of drug-likeness (QED) is 0.378. The highest BCUT2D eigenvalue weighted by atomic mass is 16.5. The van der Waals surface area contributed by atoms with Crippen LogP contribution in [0.1, 0.15) is 30.9 Å². The molecular weight excluding hydrogens is 450 g/mol. The van der Waals surface area contributed by atoms with Crippen LogP contribution < -0.4 is 10.1 Å². The number of ether oxygens (including phenoxy) is 1. The maximum atomic E-state index is 12.9. The molecule has 0 bridgehead atoms. The average Bonchev–Trinajstić information content (AvgIpc) is 3.59. The van der Waals surface area contributed by atoms with E-state index in [0.717, 1.165) is 55.3 Å². The van der Waals surface area contributed by atoms with Gasteiger partial charge in [-0.05, 0) is 63.2 Å². The summed E-state index contributed by atoms with van der Waals surface area (Å²) in [6.45, 7) is 5.64. The summed E-state index contributed by atoms with van der Waals surface area (Å²) in [5, 5.41) is 7.85. The van der Waals surface area contributed by atoms with Gasteiger partial charge in [-0.3, -0.25) is 9.69 Å². The molecule has 3 heterocycles. The van der Waals surface area contributed by atoms with E-state index in [1.807, 2.05) is 72.4 Å². The van der Waals surface area contributed by atoms with Crippen molar-refractivity contribution in [3.05, 3.63) is 96.4 Å². The summed E-state index contributed by atoms with van der Waals surface area (Å²) in [5.74, 6) is 2.06. The number of hydrogen-bond donors (Lipinski definition) is 1. The molecule has 5 rings (SSSR count). The van der Waals surface area contributed by atoms with Gasteiger partial charge in [0.1, 0.15) is 11.6 Å². The normalized spacial score (nSPS) is 14.6. The van der Waals surface area contributed by atoms with Crippen LogP contribution >= 0.6 is 0 Å². The van der Waals surface area contributed by atoms with E-state index in [-0.39, 0.29) is 11.8 Å². The number of benzene rings is 2. The highest BCUT2D eigenvalue weighted by Gasteiger charge is 2.26. The highest BCUT2D eigenvalue weighted by molar-refractivity contribution is 5.78. The minimum atomic E-state index is 0.0384. The first-order valence-electron chi connectivity index (χ1n) is 12.7. The number of rotatable bonds is 9. The van der Waals surface area contributed by atoms with E-state index in [2.05, 4.69) is 39.3 Å². The Balaban J connectivity index is 1.20. The summed E-state index contributed by atoms with van der Waals surface area (Å²) >= 11 is 0. The molecule has 2 aromatic carbocycles. The SMILES string of the molecule is CCOc1ccccc1CNC(=O)C1CCN(Cc2cnn(-c3ccccc3)c2-n2cccc2)CC1. The molecule has 7 nitrogen and oxygen atoms in total. The summed E-state index contributed by atoms with van der Waals surface area (Å²) in [4.78, 5) is 15.3. The van der Waals surface area contributed by atoms with E-state index in [1.165, 1.54) is 5.56 Å². The molecule has 1 fully saturated rings. The predicted octanol–water partition coefficient (Wildman–Crippen LogP) is 4.59. The lowest BCUT2D eigenvalue weighted by atomic mass is 9.95. The van der Waals surface area contributed by atoms with Gasteiger partial charge in [-0.1, -0.05) is 36.4 Å². The van der Waals surface area contributed by atoms with Gasteiger partial charge in [0.2, 0.25) is 5.91 Å². The summed E-state index contributed by atoms with van der Waals surface area (Å²) in [5.41, 5.74) is 3.22. The number of para-hydroxylation sites is 2. The molecule has 2 aromatic heterocycles. The zero-order chi connectivity index (χ0) is 24.7. The predicted molar refractivity (Wildman–Crippen MR) is 140 cm³/mol. The van der Waals surface area contributed by atoms with Gasteiger partial charge in [-0.15, -0.1) is 0 Å². The van der Waals surface area contributed by atoms with Crippen LogP contribution in [-0.2, 0) is 17.9 Å². The molecule has 1 N–H and O–H groups in total. The maximum Gasteiger partial charge on any atom is 0.223 e. The molecule has 0 spiro atoms. The fraction of sp³-hybridized carbons (Fsp3) is 0.310. The molecule has 0 atom stereocenters. The average molecular weight is 484 g/mol. The Hall–Kier alpha value is -3.84. The topological polar surface area (TPSA) is 64.3 Å². The molecule has 1 amide bonds. The number of piperidine rings is 1. The molecule has 0 aliphatic carbocycles. The summed E-state index contributed by atoms with van der Waals surface area (Å²) < 4.78 is 9.80. The number of carbonyl (C=O) groups is 1. The number of amides is 1. The van der Waals surface area contributed by atoms with Crippen LogP contribution in [0.4, 0.5) is 0 Å². The van der Waals surface area contributed by atoms with Crippen molar-refractivity contribution in [2.75, 3.05) is 19.7 Å².